The van der Waals surface area contributed by atoms with Gasteiger partial charge in [-0.05, 0) is 18.6 Å². The number of anilines is 1. The van der Waals surface area contributed by atoms with Crippen LogP contribution in [0, 0.1) is 6.92 Å². The van der Waals surface area contributed by atoms with Gasteiger partial charge in [0.1, 0.15) is 17.7 Å². The van der Waals surface area contributed by atoms with Crippen LogP contribution in [0.2, 0.25) is 0 Å². The average Bonchev–Trinajstić information content (AvgIpc) is 2.57. The van der Waals surface area contributed by atoms with E-state index < -0.39 is 0 Å². The molecule has 2 rings (SSSR count). The summed E-state index contributed by atoms with van der Waals surface area (Å²) in [5.74, 6) is 0.240. The van der Waals surface area contributed by atoms with E-state index in [0.717, 1.165) is 11.1 Å². The van der Waals surface area contributed by atoms with Crippen molar-refractivity contribution >= 4 is 6.01 Å². The Kier molecular flexibility index (Phi) is 1.89. The van der Waals surface area contributed by atoms with E-state index in [4.69, 9.17) is 10.2 Å². The van der Waals surface area contributed by atoms with Gasteiger partial charge in [0, 0.05) is 5.56 Å². The molecule has 1 aromatic heterocycles. The van der Waals surface area contributed by atoms with E-state index >= 15 is 0 Å². The number of aryl methyl sites for hydroxylation is 1. The second-order valence-corrected chi connectivity index (χ2v) is 3.07. The predicted molar refractivity (Wildman–Crippen MR) is 52.8 cm³/mol. The third-order valence-corrected chi connectivity index (χ3v) is 2.03. The number of rotatable bonds is 1. The van der Waals surface area contributed by atoms with Gasteiger partial charge in [0.15, 0.2) is 0 Å². The molecule has 0 aliphatic rings. The van der Waals surface area contributed by atoms with Gasteiger partial charge >= 0.3 is 0 Å². The Labute approximate surface area is 81.0 Å². The molecule has 0 aliphatic heterocycles. The molecule has 14 heavy (non-hydrogen) atoms. The van der Waals surface area contributed by atoms with Gasteiger partial charge < -0.3 is 15.3 Å². The molecule has 1 heterocycles. The van der Waals surface area contributed by atoms with Gasteiger partial charge in [-0.25, -0.2) is 0 Å². The minimum absolute atomic E-state index is 0.125. The standard InChI is InChI=1S/C10H10N2O2/c1-6-2-3-7(4-9(6)13)8-5-14-10(11)12-8/h2-5,13H,1H3,(H2,11,12). The van der Waals surface area contributed by atoms with E-state index in [-0.39, 0.29) is 11.8 Å². The predicted octanol–water partition coefficient (Wildman–Crippen LogP) is 1.94. The summed E-state index contributed by atoms with van der Waals surface area (Å²) in [4.78, 5) is 3.95. The number of aromatic nitrogens is 1. The number of phenols is 1. The fraction of sp³-hybridized carbons (Fsp3) is 0.100. The monoisotopic (exact) mass is 190 g/mol. The summed E-state index contributed by atoms with van der Waals surface area (Å²) in [6.07, 6.45) is 1.46. The van der Waals surface area contributed by atoms with Crippen LogP contribution >= 0.6 is 0 Å². The van der Waals surface area contributed by atoms with Crippen molar-refractivity contribution in [1.82, 2.24) is 4.98 Å². The summed E-state index contributed by atoms with van der Waals surface area (Å²) in [5, 5.41) is 9.48. The number of oxazole rings is 1. The van der Waals surface area contributed by atoms with E-state index in [1.54, 1.807) is 6.07 Å². The second-order valence-electron chi connectivity index (χ2n) is 3.07. The van der Waals surface area contributed by atoms with Gasteiger partial charge in [0.2, 0.25) is 0 Å². The van der Waals surface area contributed by atoms with E-state index in [1.807, 2.05) is 19.1 Å². The van der Waals surface area contributed by atoms with Crippen LogP contribution in [0.25, 0.3) is 11.3 Å². The van der Waals surface area contributed by atoms with Crippen molar-refractivity contribution in [2.24, 2.45) is 0 Å². The number of phenolic OH excluding ortho intramolecular Hbond substituents is 1. The molecule has 0 bridgehead atoms. The van der Waals surface area contributed by atoms with Crippen LogP contribution in [0.1, 0.15) is 5.56 Å². The second kappa shape index (κ2) is 3.06. The molecule has 0 saturated carbocycles. The highest BCUT2D eigenvalue weighted by molar-refractivity contribution is 5.62. The fourth-order valence-corrected chi connectivity index (χ4v) is 1.19. The van der Waals surface area contributed by atoms with Crippen LogP contribution in [0.3, 0.4) is 0 Å². The van der Waals surface area contributed by atoms with Crippen molar-refractivity contribution in [1.29, 1.82) is 0 Å². The molecule has 0 fully saturated rings. The van der Waals surface area contributed by atoms with Gasteiger partial charge in [-0.1, -0.05) is 12.1 Å². The van der Waals surface area contributed by atoms with Gasteiger partial charge in [-0.3, -0.25) is 0 Å². The van der Waals surface area contributed by atoms with Crippen molar-refractivity contribution in [2.75, 3.05) is 5.73 Å². The lowest BCUT2D eigenvalue weighted by molar-refractivity contribution is 0.471. The molecule has 4 heteroatoms. The highest BCUT2D eigenvalue weighted by Crippen LogP contribution is 2.25. The SMILES string of the molecule is Cc1ccc(-c2coc(N)n2)cc1O. The van der Waals surface area contributed by atoms with Crippen LogP contribution in [-0.4, -0.2) is 10.1 Å². The maximum Gasteiger partial charge on any atom is 0.292 e. The molecule has 0 amide bonds. The van der Waals surface area contributed by atoms with Crippen molar-refractivity contribution in [3.05, 3.63) is 30.0 Å². The number of nitrogen functional groups attached to an aromatic ring is 1. The molecule has 0 spiro atoms. The van der Waals surface area contributed by atoms with Crippen molar-refractivity contribution < 1.29 is 9.52 Å². The van der Waals surface area contributed by atoms with Crippen LogP contribution in [0.4, 0.5) is 6.01 Å². The Hall–Kier alpha value is -1.97. The van der Waals surface area contributed by atoms with E-state index in [2.05, 4.69) is 4.98 Å². The topological polar surface area (TPSA) is 72.3 Å². The Morgan fingerprint density at radius 2 is 2.21 bits per heavy atom. The molecule has 1 aromatic carbocycles. The summed E-state index contributed by atoms with van der Waals surface area (Å²) in [7, 11) is 0. The number of benzene rings is 1. The summed E-state index contributed by atoms with van der Waals surface area (Å²) in [5.41, 5.74) is 7.58. The van der Waals surface area contributed by atoms with E-state index in [1.165, 1.54) is 6.26 Å². The van der Waals surface area contributed by atoms with Gasteiger partial charge in [-0.2, -0.15) is 4.98 Å². The van der Waals surface area contributed by atoms with Crippen molar-refractivity contribution in [3.8, 4) is 17.0 Å². The van der Waals surface area contributed by atoms with Crippen LogP contribution in [0.5, 0.6) is 5.75 Å². The molecule has 72 valence electrons. The lowest BCUT2D eigenvalue weighted by Crippen LogP contribution is -1.84. The molecule has 4 nitrogen and oxygen atoms in total. The molecule has 3 N–H and O–H groups in total. The average molecular weight is 190 g/mol. The zero-order valence-corrected chi connectivity index (χ0v) is 7.69. The normalized spacial score (nSPS) is 10.4. The van der Waals surface area contributed by atoms with E-state index in [0.29, 0.717) is 5.69 Å². The molecular weight excluding hydrogens is 180 g/mol. The summed E-state index contributed by atoms with van der Waals surface area (Å²) >= 11 is 0. The number of aromatic hydroxyl groups is 1. The summed E-state index contributed by atoms with van der Waals surface area (Å²) in [6.45, 7) is 1.83. The Balaban J connectivity index is 2.47. The highest BCUT2D eigenvalue weighted by atomic mass is 16.4. The Morgan fingerprint density at radius 3 is 2.79 bits per heavy atom. The molecule has 0 atom stereocenters. The van der Waals surface area contributed by atoms with Gasteiger partial charge in [0.25, 0.3) is 6.01 Å². The van der Waals surface area contributed by atoms with Gasteiger partial charge in [-0.15, -0.1) is 0 Å². The molecular formula is C10H10N2O2. The molecule has 0 radical (unpaired) electrons. The largest absolute Gasteiger partial charge is 0.508 e. The minimum Gasteiger partial charge on any atom is -0.508 e. The lowest BCUT2D eigenvalue weighted by atomic mass is 10.1. The Bertz CT molecular complexity index is 463. The molecule has 0 unspecified atom stereocenters. The third kappa shape index (κ3) is 1.42. The van der Waals surface area contributed by atoms with Crippen molar-refractivity contribution in [2.45, 2.75) is 6.92 Å². The first-order valence-corrected chi connectivity index (χ1v) is 4.18. The zero-order chi connectivity index (χ0) is 10.1. The fourth-order valence-electron chi connectivity index (χ4n) is 1.19. The maximum atomic E-state index is 9.48. The molecule has 0 aliphatic carbocycles. The number of nitrogens with zero attached hydrogens (tertiary/aromatic N) is 1. The number of hydrogen-bond donors (Lipinski definition) is 2. The van der Waals surface area contributed by atoms with E-state index in [9.17, 15) is 5.11 Å². The van der Waals surface area contributed by atoms with Crippen LogP contribution in [-0.2, 0) is 0 Å². The first-order valence-electron chi connectivity index (χ1n) is 4.18. The van der Waals surface area contributed by atoms with Gasteiger partial charge in [0.05, 0.1) is 0 Å². The zero-order valence-electron chi connectivity index (χ0n) is 7.69. The van der Waals surface area contributed by atoms with Crippen LogP contribution < -0.4 is 5.73 Å². The lowest BCUT2D eigenvalue weighted by Gasteiger charge is -2.00. The number of nitrogens with two attached hydrogens (primary N) is 1. The summed E-state index contributed by atoms with van der Waals surface area (Å²) < 4.78 is 4.87. The first kappa shape index (κ1) is 8.62. The molecule has 2 aromatic rings. The smallest absolute Gasteiger partial charge is 0.292 e. The summed E-state index contributed by atoms with van der Waals surface area (Å²) in [6, 6.07) is 5.43. The quantitative estimate of drug-likeness (QED) is 0.720. The Morgan fingerprint density at radius 1 is 1.43 bits per heavy atom. The highest BCUT2D eigenvalue weighted by Gasteiger charge is 2.05. The maximum absolute atomic E-state index is 9.48. The first-order chi connectivity index (χ1) is 6.66. The molecule has 0 saturated heterocycles. The third-order valence-electron chi connectivity index (χ3n) is 2.03. The minimum atomic E-state index is 0.125. The van der Waals surface area contributed by atoms with Crippen LogP contribution in [0.15, 0.2) is 28.9 Å². The van der Waals surface area contributed by atoms with Crippen molar-refractivity contribution in [3.63, 3.8) is 0 Å². The number of hydrogen-bond acceptors (Lipinski definition) is 4.